The summed E-state index contributed by atoms with van der Waals surface area (Å²) in [5.41, 5.74) is 5.00. The number of hydrazine groups is 1. The molecule has 0 saturated carbocycles. The number of halogens is 1. The van der Waals surface area contributed by atoms with E-state index in [-0.39, 0.29) is 18.8 Å². The summed E-state index contributed by atoms with van der Waals surface area (Å²) in [6, 6.07) is 5.07. The molecule has 2 fully saturated rings. The number of carbonyl (C=O) groups excluding carboxylic acids is 2. The predicted octanol–water partition coefficient (Wildman–Crippen LogP) is 1.99. The molecule has 0 aromatic heterocycles. The van der Waals surface area contributed by atoms with Crippen LogP contribution in [0.15, 0.2) is 24.3 Å². The Labute approximate surface area is 156 Å². The molecule has 2 bridgehead atoms. The molecule has 0 radical (unpaired) electrons. The number of benzene rings is 1. The van der Waals surface area contributed by atoms with E-state index in [0.717, 1.165) is 5.56 Å². The highest BCUT2D eigenvalue weighted by atomic mass is 19.1. The van der Waals surface area contributed by atoms with Gasteiger partial charge in [0.2, 0.25) is 0 Å². The van der Waals surface area contributed by atoms with Gasteiger partial charge < -0.3 is 10.5 Å². The Bertz CT molecular complexity index is 745. The Morgan fingerprint density at radius 2 is 1.93 bits per heavy atom. The maximum absolute atomic E-state index is 13.3. The fraction of sp³-hybridized carbons (Fsp3) is 0.556. The van der Waals surface area contributed by atoms with E-state index in [1.807, 2.05) is 0 Å². The minimum absolute atomic E-state index is 0.182. The van der Waals surface area contributed by atoms with Crippen molar-refractivity contribution in [3.63, 3.8) is 0 Å². The van der Waals surface area contributed by atoms with Gasteiger partial charge in [-0.15, -0.1) is 0 Å². The Kier molecular flexibility index (Phi) is 4.87. The Hall–Kier alpha value is -2.23. The molecule has 2 amide bonds. The number of nitrogens with one attached hydrogen (secondary N) is 1. The van der Waals surface area contributed by atoms with Crippen LogP contribution in [-0.4, -0.2) is 35.1 Å². The van der Waals surface area contributed by atoms with Crippen LogP contribution in [0.4, 0.5) is 9.18 Å². The first-order chi connectivity index (χ1) is 12.7. The molecule has 3 rings (SSSR count). The zero-order valence-electron chi connectivity index (χ0n) is 15.6. The molecule has 148 valence electrons. The average Bonchev–Trinajstić information content (AvgIpc) is 2.79. The monoisotopic (exact) mass is 381 g/mol. The number of nitrogens with zero attached hydrogens (tertiary/aromatic N) is 1. The van der Waals surface area contributed by atoms with Crippen molar-refractivity contribution in [3.8, 4) is 0 Å². The first-order valence-corrected chi connectivity index (χ1v) is 8.82. The number of primary amides is 1. The van der Waals surface area contributed by atoms with Crippen LogP contribution < -0.4 is 11.2 Å². The molecule has 2 aliphatic rings. The highest BCUT2D eigenvalue weighted by Crippen LogP contribution is 2.57. The van der Waals surface area contributed by atoms with E-state index in [0.29, 0.717) is 12.8 Å². The first kappa shape index (κ1) is 19.5. The van der Waals surface area contributed by atoms with Gasteiger partial charge in [0.15, 0.2) is 11.4 Å². The minimum atomic E-state index is -1.38. The molecule has 3 atom stereocenters. The molecular weight excluding hydrogens is 357 g/mol. The lowest BCUT2D eigenvalue weighted by molar-refractivity contribution is -0.350. The first-order valence-electron chi connectivity index (χ1n) is 8.82. The summed E-state index contributed by atoms with van der Waals surface area (Å²) in [4.78, 5) is 35.8. The number of piperidine rings is 1. The van der Waals surface area contributed by atoms with Crippen LogP contribution in [0.2, 0.25) is 0 Å². The van der Waals surface area contributed by atoms with E-state index >= 15 is 0 Å². The zero-order valence-corrected chi connectivity index (χ0v) is 15.6. The van der Waals surface area contributed by atoms with Crippen molar-refractivity contribution in [1.82, 2.24) is 10.4 Å². The third-order valence-electron chi connectivity index (χ3n) is 5.49. The topological polar surface area (TPSA) is 103 Å². The van der Waals surface area contributed by atoms with E-state index in [1.54, 1.807) is 32.9 Å². The summed E-state index contributed by atoms with van der Waals surface area (Å²) < 4.78 is 18.7. The number of esters is 1. The van der Waals surface area contributed by atoms with Crippen LogP contribution in [-0.2, 0) is 25.7 Å². The number of amides is 2. The van der Waals surface area contributed by atoms with Crippen LogP contribution in [0, 0.1) is 11.2 Å². The highest BCUT2D eigenvalue weighted by molar-refractivity contribution is 5.79. The third kappa shape index (κ3) is 3.05. The van der Waals surface area contributed by atoms with Crippen molar-refractivity contribution in [2.45, 2.75) is 51.5 Å². The summed E-state index contributed by atoms with van der Waals surface area (Å²) in [5, 5.41) is 1.44. The van der Waals surface area contributed by atoms with E-state index in [4.69, 9.17) is 20.2 Å². The van der Waals surface area contributed by atoms with Crippen molar-refractivity contribution in [1.29, 1.82) is 0 Å². The molecule has 27 heavy (non-hydrogen) atoms. The normalized spacial score (nSPS) is 32.9. The molecule has 9 heteroatoms. The molecule has 1 aromatic rings. The lowest BCUT2D eigenvalue weighted by Crippen LogP contribution is -2.72. The van der Waals surface area contributed by atoms with Crippen molar-refractivity contribution < 1.29 is 28.5 Å². The van der Waals surface area contributed by atoms with Crippen LogP contribution in [0.25, 0.3) is 0 Å². The molecular formula is C18H24FN3O5. The van der Waals surface area contributed by atoms with Crippen molar-refractivity contribution in [2.24, 2.45) is 11.1 Å². The van der Waals surface area contributed by atoms with E-state index < -0.39 is 28.9 Å². The molecule has 8 nitrogen and oxygen atoms in total. The maximum Gasteiger partial charge on any atom is 0.326 e. The van der Waals surface area contributed by atoms with Gasteiger partial charge in [0.05, 0.1) is 6.61 Å². The second-order valence-electron chi connectivity index (χ2n) is 7.24. The standard InChI is InChI=1S/C18H24FN3O5/c1-4-25-14(23)18(11-12-5-7-13(19)8-6-12)10-9-16(2)22(21-15(20)24)17(18,3)27-26-16/h5-8H,4,9-11H2,1-3H3,(H3,20,21,24). The van der Waals surface area contributed by atoms with Gasteiger partial charge in [-0.25, -0.2) is 19.0 Å². The predicted molar refractivity (Wildman–Crippen MR) is 91.9 cm³/mol. The number of ether oxygens (including phenoxy) is 1. The number of hydrogen-bond acceptors (Lipinski definition) is 6. The summed E-state index contributed by atoms with van der Waals surface area (Å²) in [6.45, 7) is 5.28. The largest absolute Gasteiger partial charge is 0.465 e. The molecule has 2 saturated heterocycles. The van der Waals surface area contributed by atoms with Crippen molar-refractivity contribution >= 4 is 12.0 Å². The number of fused-ring (bicyclic) bond motifs is 2. The molecule has 2 heterocycles. The second kappa shape index (κ2) is 6.74. The van der Waals surface area contributed by atoms with Crippen molar-refractivity contribution in [3.05, 3.63) is 35.6 Å². The fourth-order valence-corrected chi connectivity index (χ4v) is 3.99. The molecule has 0 aliphatic carbocycles. The lowest BCUT2D eigenvalue weighted by Gasteiger charge is -2.51. The Morgan fingerprint density at radius 1 is 1.26 bits per heavy atom. The summed E-state index contributed by atoms with van der Waals surface area (Å²) in [7, 11) is 0. The average molecular weight is 381 g/mol. The number of hydrogen-bond donors (Lipinski definition) is 2. The Morgan fingerprint density at radius 3 is 2.52 bits per heavy atom. The molecule has 3 unspecified atom stereocenters. The molecule has 0 spiro atoms. The number of urea groups is 1. The van der Waals surface area contributed by atoms with Gasteiger partial charge in [-0.2, -0.15) is 5.01 Å². The van der Waals surface area contributed by atoms with Crippen LogP contribution in [0.5, 0.6) is 0 Å². The van der Waals surface area contributed by atoms with Crippen LogP contribution in [0.1, 0.15) is 39.2 Å². The fourth-order valence-electron chi connectivity index (χ4n) is 3.99. The SMILES string of the molecule is CCOC(=O)C1(Cc2ccc(F)cc2)CCC2(C)OOC1(C)N2NC(N)=O. The number of nitrogens with two attached hydrogens (primary N) is 1. The highest BCUT2D eigenvalue weighted by Gasteiger charge is 2.71. The van der Waals surface area contributed by atoms with Gasteiger partial charge in [0.25, 0.3) is 0 Å². The second-order valence-corrected chi connectivity index (χ2v) is 7.24. The van der Waals surface area contributed by atoms with Gasteiger partial charge in [-0.05, 0) is 57.7 Å². The Balaban J connectivity index is 2.07. The lowest BCUT2D eigenvalue weighted by atomic mass is 9.66. The summed E-state index contributed by atoms with van der Waals surface area (Å²) in [6.07, 6.45) is 0.967. The van der Waals surface area contributed by atoms with E-state index in [1.165, 1.54) is 17.1 Å². The molecule has 2 aliphatic heterocycles. The van der Waals surface area contributed by atoms with E-state index in [2.05, 4.69) is 5.43 Å². The van der Waals surface area contributed by atoms with Gasteiger partial charge >= 0.3 is 12.0 Å². The smallest absolute Gasteiger partial charge is 0.326 e. The van der Waals surface area contributed by atoms with Gasteiger partial charge in [0.1, 0.15) is 11.2 Å². The van der Waals surface area contributed by atoms with Gasteiger partial charge in [-0.1, -0.05) is 12.1 Å². The van der Waals surface area contributed by atoms with Crippen LogP contribution in [0.3, 0.4) is 0 Å². The van der Waals surface area contributed by atoms with Crippen molar-refractivity contribution in [2.75, 3.05) is 6.61 Å². The van der Waals surface area contributed by atoms with Gasteiger partial charge in [-0.3, -0.25) is 10.2 Å². The maximum atomic E-state index is 13.3. The summed E-state index contributed by atoms with van der Waals surface area (Å²) >= 11 is 0. The van der Waals surface area contributed by atoms with E-state index in [9.17, 15) is 14.0 Å². The number of carbonyl (C=O) groups is 2. The minimum Gasteiger partial charge on any atom is -0.465 e. The number of rotatable bonds is 5. The third-order valence-corrected chi connectivity index (χ3v) is 5.49. The quantitative estimate of drug-likeness (QED) is 0.597. The molecule has 1 aromatic carbocycles. The van der Waals surface area contributed by atoms with Crippen LogP contribution >= 0.6 is 0 Å². The molecule has 3 N–H and O–H groups in total. The summed E-state index contributed by atoms with van der Waals surface area (Å²) in [5.74, 6) is -0.857. The zero-order chi connectivity index (χ0) is 19.9. The van der Waals surface area contributed by atoms with Gasteiger partial charge in [0, 0.05) is 0 Å².